The smallest absolute Gasteiger partial charge is 0.249 e. The zero-order valence-corrected chi connectivity index (χ0v) is 12.5. The van der Waals surface area contributed by atoms with Crippen LogP contribution >= 0.6 is 0 Å². The third-order valence-corrected chi connectivity index (χ3v) is 4.06. The molecule has 116 valence electrons. The molecule has 0 aromatic carbocycles. The van der Waals surface area contributed by atoms with Crippen molar-refractivity contribution in [1.82, 2.24) is 19.9 Å². The molecule has 2 N–H and O–H groups in total. The minimum absolute atomic E-state index is 0.183. The lowest BCUT2D eigenvalue weighted by molar-refractivity contribution is -0.126. The van der Waals surface area contributed by atoms with E-state index in [9.17, 15) is 9.59 Å². The van der Waals surface area contributed by atoms with Gasteiger partial charge in [0.15, 0.2) is 5.65 Å². The first-order valence-corrected chi connectivity index (χ1v) is 7.53. The van der Waals surface area contributed by atoms with Gasteiger partial charge in [0.05, 0.1) is 0 Å². The fourth-order valence-corrected chi connectivity index (χ4v) is 3.02. The van der Waals surface area contributed by atoms with Crippen LogP contribution in [0.25, 0.3) is 5.65 Å². The van der Waals surface area contributed by atoms with Crippen molar-refractivity contribution in [3.05, 3.63) is 24.4 Å². The molecule has 0 aliphatic heterocycles. The van der Waals surface area contributed by atoms with E-state index < -0.39 is 6.04 Å². The minimum atomic E-state index is -0.518. The van der Waals surface area contributed by atoms with Gasteiger partial charge < -0.3 is 5.32 Å². The molecule has 2 amide bonds. The summed E-state index contributed by atoms with van der Waals surface area (Å²) in [6, 6.07) is 4.99. The fourth-order valence-electron chi connectivity index (χ4n) is 3.02. The van der Waals surface area contributed by atoms with Gasteiger partial charge in [0.1, 0.15) is 6.04 Å². The highest BCUT2D eigenvalue weighted by atomic mass is 16.2. The van der Waals surface area contributed by atoms with Crippen molar-refractivity contribution < 1.29 is 9.59 Å². The SMILES string of the molecule is CC(=O)NC(C(=O)Nc1nnc2ccccn12)C1CCCC1. The standard InChI is InChI=1S/C15H19N5O2/c1-10(21)16-13(11-6-2-3-7-11)14(22)17-15-19-18-12-8-4-5-9-20(12)15/h4-5,8-9,11,13H,2-3,6-7H2,1H3,(H,16,21)(H,17,19,22). The summed E-state index contributed by atoms with van der Waals surface area (Å²) in [6.45, 7) is 1.43. The molecule has 2 aromatic rings. The molecule has 0 spiro atoms. The summed E-state index contributed by atoms with van der Waals surface area (Å²) >= 11 is 0. The quantitative estimate of drug-likeness (QED) is 0.892. The van der Waals surface area contributed by atoms with Crippen LogP contribution in [0.4, 0.5) is 5.95 Å². The van der Waals surface area contributed by atoms with Gasteiger partial charge in [-0.05, 0) is 30.9 Å². The van der Waals surface area contributed by atoms with Crippen molar-refractivity contribution in [2.24, 2.45) is 5.92 Å². The second-order valence-corrected chi connectivity index (χ2v) is 5.66. The molecule has 3 rings (SSSR count). The maximum Gasteiger partial charge on any atom is 0.249 e. The van der Waals surface area contributed by atoms with E-state index in [2.05, 4.69) is 20.8 Å². The predicted molar refractivity (Wildman–Crippen MR) is 81.2 cm³/mol. The zero-order valence-electron chi connectivity index (χ0n) is 12.5. The average Bonchev–Trinajstić information content (AvgIpc) is 3.15. The van der Waals surface area contributed by atoms with Gasteiger partial charge in [0.2, 0.25) is 17.8 Å². The number of pyridine rings is 1. The maximum absolute atomic E-state index is 12.6. The lowest BCUT2D eigenvalue weighted by Gasteiger charge is -2.22. The van der Waals surface area contributed by atoms with Gasteiger partial charge in [-0.1, -0.05) is 18.9 Å². The van der Waals surface area contributed by atoms with Crippen molar-refractivity contribution in [3.63, 3.8) is 0 Å². The van der Waals surface area contributed by atoms with Crippen LogP contribution in [-0.2, 0) is 9.59 Å². The molecular formula is C15H19N5O2. The van der Waals surface area contributed by atoms with E-state index in [4.69, 9.17) is 0 Å². The molecule has 1 aliphatic carbocycles. The lowest BCUT2D eigenvalue weighted by atomic mass is 9.97. The lowest BCUT2D eigenvalue weighted by Crippen LogP contribution is -2.47. The average molecular weight is 301 g/mol. The van der Waals surface area contributed by atoms with Crippen LogP contribution in [0.1, 0.15) is 32.6 Å². The van der Waals surface area contributed by atoms with E-state index in [0.717, 1.165) is 25.7 Å². The van der Waals surface area contributed by atoms with Crippen LogP contribution in [0.5, 0.6) is 0 Å². The summed E-state index contributed by atoms with van der Waals surface area (Å²) in [6.07, 6.45) is 5.90. The maximum atomic E-state index is 12.6. The molecule has 1 aliphatic rings. The Morgan fingerprint density at radius 2 is 2.05 bits per heavy atom. The van der Waals surface area contributed by atoms with Crippen LogP contribution in [0.3, 0.4) is 0 Å². The number of hydrogen-bond donors (Lipinski definition) is 2. The molecule has 1 saturated carbocycles. The van der Waals surface area contributed by atoms with Gasteiger partial charge in [0, 0.05) is 13.1 Å². The third-order valence-electron chi connectivity index (χ3n) is 4.06. The number of amides is 2. The Hall–Kier alpha value is -2.44. The van der Waals surface area contributed by atoms with Gasteiger partial charge in [0.25, 0.3) is 0 Å². The van der Waals surface area contributed by atoms with Crippen LogP contribution in [0.2, 0.25) is 0 Å². The van der Waals surface area contributed by atoms with E-state index in [1.165, 1.54) is 6.92 Å². The van der Waals surface area contributed by atoms with Gasteiger partial charge in [-0.3, -0.25) is 19.3 Å². The molecular weight excluding hydrogens is 282 g/mol. The van der Waals surface area contributed by atoms with Crippen LogP contribution < -0.4 is 10.6 Å². The Balaban J connectivity index is 1.79. The Morgan fingerprint density at radius 3 is 2.77 bits per heavy atom. The predicted octanol–water partition coefficient (Wildman–Crippen LogP) is 1.36. The Bertz CT molecular complexity index is 690. The van der Waals surface area contributed by atoms with Crippen molar-refractivity contribution in [2.75, 3.05) is 5.32 Å². The number of hydrogen-bond acceptors (Lipinski definition) is 4. The highest BCUT2D eigenvalue weighted by molar-refractivity contribution is 5.96. The van der Waals surface area contributed by atoms with E-state index in [1.807, 2.05) is 18.2 Å². The van der Waals surface area contributed by atoms with E-state index in [0.29, 0.717) is 11.6 Å². The Kier molecular flexibility index (Phi) is 4.04. The fraction of sp³-hybridized carbons (Fsp3) is 0.467. The molecule has 2 aromatic heterocycles. The summed E-state index contributed by atoms with van der Waals surface area (Å²) in [5.41, 5.74) is 0.662. The van der Waals surface area contributed by atoms with Gasteiger partial charge >= 0.3 is 0 Å². The van der Waals surface area contributed by atoms with Gasteiger partial charge in [-0.15, -0.1) is 10.2 Å². The first-order valence-electron chi connectivity index (χ1n) is 7.53. The summed E-state index contributed by atoms with van der Waals surface area (Å²) < 4.78 is 1.71. The third kappa shape index (κ3) is 2.93. The van der Waals surface area contributed by atoms with Crippen LogP contribution in [0, 0.1) is 5.92 Å². The van der Waals surface area contributed by atoms with Crippen molar-refractivity contribution >= 4 is 23.4 Å². The summed E-state index contributed by atoms with van der Waals surface area (Å²) in [5, 5.41) is 13.5. The topological polar surface area (TPSA) is 88.4 Å². The number of aromatic nitrogens is 3. The van der Waals surface area contributed by atoms with Crippen LogP contribution in [-0.4, -0.2) is 32.5 Å². The number of carbonyl (C=O) groups is 2. The number of carbonyl (C=O) groups excluding carboxylic acids is 2. The second-order valence-electron chi connectivity index (χ2n) is 5.66. The Morgan fingerprint density at radius 1 is 1.27 bits per heavy atom. The van der Waals surface area contributed by atoms with E-state index >= 15 is 0 Å². The number of fused-ring (bicyclic) bond motifs is 1. The molecule has 1 unspecified atom stereocenters. The molecule has 22 heavy (non-hydrogen) atoms. The number of rotatable bonds is 4. The molecule has 1 fully saturated rings. The van der Waals surface area contributed by atoms with Crippen molar-refractivity contribution in [1.29, 1.82) is 0 Å². The highest BCUT2D eigenvalue weighted by Crippen LogP contribution is 2.28. The minimum Gasteiger partial charge on any atom is -0.344 e. The van der Waals surface area contributed by atoms with E-state index in [-0.39, 0.29) is 17.7 Å². The molecule has 0 saturated heterocycles. The number of nitrogens with one attached hydrogen (secondary N) is 2. The largest absolute Gasteiger partial charge is 0.344 e. The summed E-state index contributed by atoms with van der Waals surface area (Å²) in [5.74, 6) is 0.121. The molecule has 0 radical (unpaired) electrons. The molecule has 1 atom stereocenters. The van der Waals surface area contributed by atoms with Crippen molar-refractivity contribution in [2.45, 2.75) is 38.6 Å². The molecule has 7 heteroatoms. The monoisotopic (exact) mass is 301 g/mol. The normalized spacial score (nSPS) is 16.6. The summed E-state index contributed by atoms with van der Waals surface area (Å²) in [7, 11) is 0. The van der Waals surface area contributed by atoms with Gasteiger partial charge in [-0.2, -0.15) is 0 Å². The zero-order chi connectivity index (χ0) is 15.5. The second kappa shape index (κ2) is 6.13. The number of nitrogens with zero attached hydrogens (tertiary/aromatic N) is 3. The van der Waals surface area contributed by atoms with E-state index in [1.54, 1.807) is 10.6 Å². The first kappa shape index (κ1) is 14.5. The number of anilines is 1. The first-order chi connectivity index (χ1) is 10.6. The summed E-state index contributed by atoms with van der Waals surface area (Å²) in [4.78, 5) is 24.0. The van der Waals surface area contributed by atoms with Crippen LogP contribution in [0.15, 0.2) is 24.4 Å². The molecule has 7 nitrogen and oxygen atoms in total. The van der Waals surface area contributed by atoms with Crippen molar-refractivity contribution in [3.8, 4) is 0 Å². The van der Waals surface area contributed by atoms with Gasteiger partial charge in [-0.25, -0.2) is 0 Å². The highest BCUT2D eigenvalue weighted by Gasteiger charge is 2.31. The Labute approximate surface area is 128 Å². The molecule has 0 bridgehead atoms. The molecule has 2 heterocycles.